The Morgan fingerprint density at radius 1 is 1.23 bits per heavy atom. The first kappa shape index (κ1) is 18.5. The normalized spacial score (nSPS) is 12.7. The van der Waals surface area contributed by atoms with Crippen LogP contribution in [0.1, 0.15) is 46.1 Å². The molecule has 1 amide bonds. The van der Waals surface area contributed by atoms with E-state index in [9.17, 15) is 4.79 Å². The highest BCUT2D eigenvalue weighted by Crippen LogP contribution is 2.06. The molecule has 0 aliphatic rings. The minimum absolute atomic E-state index is 0.226. The van der Waals surface area contributed by atoms with E-state index >= 15 is 0 Å². The number of benzene rings is 1. The number of nitrogens with one attached hydrogen (secondary N) is 2. The van der Waals surface area contributed by atoms with Gasteiger partial charge in [-0.05, 0) is 46.1 Å². The molecule has 0 aliphatic heterocycles. The number of carbonyl (C=O) groups excluding carboxylic acids is 1. The molecule has 1 rings (SSSR count). The molecule has 22 heavy (non-hydrogen) atoms. The monoisotopic (exact) mass is 308 g/mol. The van der Waals surface area contributed by atoms with Crippen LogP contribution in [0.25, 0.3) is 0 Å². The van der Waals surface area contributed by atoms with Gasteiger partial charge in [0.2, 0.25) is 0 Å². The first-order valence-corrected chi connectivity index (χ1v) is 7.75. The van der Waals surface area contributed by atoms with Crippen LogP contribution in [0.15, 0.2) is 30.3 Å². The smallest absolute Gasteiger partial charge is 0.407 e. The zero-order valence-corrected chi connectivity index (χ0v) is 14.0. The van der Waals surface area contributed by atoms with Gasteiger partial charge in [0, 0.05) is 12.6 Å². The fraction of sp³-hybridized carbons (Fsp3) is 0.588. The molecule has 0 saturated heterocycles. The van der Waals surface area contributed by atoms with Crippen LogP contribution in [-0.4, -0.2) is 24.3 Å². The van der Waals surface area contributed by atoms with Crippen LogP contribution in [-0.2, 0) is 16.2 Å². The number of rotatable bonds is 8. The first-order chi connectivity index (χ1) is 10.4. The SMILES string of the molecule is CC(CCCNC(=O)OC(C)(C)C)NOCc1ccccc1. The topological polar surface area (TPSA) is 59.6 Å². The highest BCUT2D eigenvalue weighted by atomic mass is 16.6. The average Bonchev–Trinajstić information content (AvgIpc) is 2.43. The third-order valence-electron chi connectivity index (χ3n) is 2.85. The molecule has 0 radical (unpaired) electrons. The quantitative estimate of drug-likeness (QED) is 0.571. The van der Waals surface area contributed by atoms with Gasteiger partial charge in [-0.2, -0.15) is 5.48 Å². The Kier molecular flexibility index (Phi) is 7.91. The van der Waals surface area contributed by atoms with Gasteiger partial charge in [0.25, 0.3) is 0 Å². The molecule has 0 fully saturated rings. The molecule has 0 spiro atoms. The van der Waals surface area contributed by atoms with E-state index in [1.54, 1.807) is 0 Å². The highest BCUT2D eigenvalue weighted by molar-refractivity contribution is 5.67. The van der Waals surface area contributed by atoms with Gasteiger partial charge in [-0.1, -0.05) is 30.3 Å². The third kappa shape index (κ3) is 9.37. The number of ether oxygens (including phenoxy) is 1. The largest absolute Gasteiger partial charge is 0.444 e. The van der Waals surface area contributed by atoms with Crippen LogP contribution in [0.4, 0.5) is 4.79 Å². The molecule has 1 aromatic carbocycles. The maximum atomic E-state index is 11.5. The number of hydrogen-bond donors (Lipinski definition) is 2. The Balaban J connectivity index is 2.04. The van der Waals surface area contributed by atoms with Gasteiger partial charge in [0.05, 0.1) is 6.61 Å². The van der Waals surface area contributed by atoms with Gasteiger partial charge in [-0.3, -0.25) is 4.84 Å². The lowest BCUT2D eigenvalue weighted by atomic mass is 10.2. The van der Waals surface area contributed by atoms with Crippen LogP contribution < -0.4 is 10.8 Å². The second kappa shape index (κ2) is 9.43. The minimum Gasteiger partial charge on any atom is -0.444 e. The summed E-state index contributed by atoms with van der Waals surface area (Å²) in [4.78, 5) is 16.9. The molecular formula is C17H28N2O3. The number of hydroxylamine groups is 1. The average molecular weight is 308 g/mol. The minimum atomic E-state index is -0.454. The Morgan fingerprint density at radius 3 is 2.55 bits per heavy atom. The van der Waals surface area contributed by atoms with E-state index in [1.807, 2.05) is 51.1 Å². The zero-order chi connectivity index (χ0) is 16.4. The van der Waals surface area contributed by atoms with Crippen LogP contribution in [0.3, 0.4) is 0 Å². The van der Waals surface area contributed by atoms with Crippen molar-refractivity contribution in [1.82, 2.24) is 10.8 Å². The molecule has 1 unspecified atom stereocenters. The van der Waals surface area contributed by atoms with E-state index in [0.29, 0.717) is 13.2 Å². The lowest BCUT2D eigenvalue weighted by Gasteiger charge is -2.20. The molecule has 0 aliphatic carbocycles. The highest BCUT2D eigenvalue weighted by Gasteiger charge is 2.15. The Labute approximate surface area is 133 Å². The number of hydrogen-bond acceptors (Lipinski definition) is 4. The van der Waals surface area contributed by atoms with Crippen molar-refractivity contribution >= 4 is 6.09 Å². The van der Waals surface area contributed by atoms with Crippen molar-refractivity contribution in [3.05, 3.63) is 35.9 Å². The number of amides is 1. The van der Waals surface area contributed by atoms with Gasteiger partial charge in [0.1, 0.15) is 5.60 Å². The van der Waals surface area contributed by atoms with Crippen molar-refractivity contribution in [3.63, 3.8) is 0 Å². The molecule has 0 heterocycles. The van der Waals surface area contributed by atoms with Gasteiger partial charge >= 0.3 is 6.09 Å². The molecule has 0 aromatic heterocycles. The van der Waals surface area contributed by atoms with Crippen molar-refractivity contribution < 1.29 is 14.4 Å². The number of alkyl carbamates (subject to hydrolysis) is 1. The third-order valence-corrected chi connectivity index (χ3v) is 2.85. The molecule has 1 atom stereocenters. The van der Waals surface area contributed by atoms with E-state index < -0.39 is 5.60 Å². The van der Waals surface area contributed by atoms with Crippen LogP contribution in [0.2, 0.25) is 0 Å². The van der Waals surface area contributed by atoms with E-state index in [4.69, 9.17) is 9.57 Å². The first-order valence-electron chi connectivity index (χ1n) is 7.75. The molecule has 0 saturated carbocycles. The lowest BCUT2D eigenvalue weighted by Crippen LogP contribution is -2.33. The van der Waals surface area contributed by atoms with Crippen LogP contribution >= 0.6 is 0 Å². The van der Waals surface area contributed by atoms with Crippen molar-refractivity contribution in [3.8, 4) is 0 Å². The summed E-state index contributed by atoms with van der Waals surface area (Å²) in [6.45, 7) is 8.74. The van der Waals surface area contributed by atoms with Gasteiger partial charge < -0.3 is 10.1 Å². The van der Waals surface area contributed by atoms with Gasteiger partial charge in [0.15, 0.2) is 0 Å². The summed E-state index contributed by atoms with van der Waals surface area (Å²) in [5.74, 6) is 0. The molecule has 0 bridgehead atoms. The maximum absolute atomic E-state index is 11.5. The Hall–Kier alpha value is -1.59. The maximum Gasteiger partial charge on any atom is 0.407 e. The summed E-state index contributed by atoms with van der Waals surface area (Å²) in [6, 6.07) is 10.2. The predicted octanol–water partition coefficient (Wildman–Crippen LogP) is 3.40. The van der Waals surface area contributed by atoms with E-state index in [-0.39, 0.29) is 12.1 Å². The van der Waals surface area contributed by atoms with E-state index in [1.165, 1.54) is 0 Å². The van der Waals surface area contributed by atoms with Crippen LogP contribution in [0, 0.1) is 0 Å². The Bertz CT molecular complexity index is 429. The predicted molar refractivity (Wildman–Crippen MR) is 87.3 cm³/mol. The summed E-state index contributed by atoms with van der Waals surface area (Å²) in [5, 5.41) is 2.75. The molecule has 2 N–H and O–H groups in total. The second-order valence-corrected chi connectivity index (χ2v) is 6.36. The van der Waals surface area contributed by atoms with Crippen LogP contribution in [0.5, 0.6) is 0 Å². The lowest BCUT2D eigenvalue weighted by molar-refractivity contribution is 0.00536. The van der Waals surface area contributed by atoms with Gasteiger partial charge in [-0.25, -0.2) is 4.79 Å². The summed E-state index contributed by atoms with van der Waals surface area (Å²) in [7, 11) is 0. The van der Waals surface area contributed by atoms with Crippen molar-refractivity contribution in [2.24, 2.45) is 0 Å². The zero-order valence-electron chi connectivity index (χ0n) is 14.0. The van der Waals surface area contributed by atoms with Crippen molar-refractivity contribution in [1.29, 1.82) is 0 Å². The Morgan fingerprint density at radius 2 is 1.91 bits per heavy atom. The fourth-order valence-corrected chi connectivity index (χ4v) is 1.81. The second-order valence-electron chi connectivity index (χ2n) is 6.36. The summed E-state index contributed by atoms with van der Waals surface area (Å²) in [5.41, 5.74) is 3.69. The van der Waals surface area contributed by atoms with E-state index in [0.717, 1.165) is 18.4 Å². The van der Waals surface area contributed by atoms with Gasteiger partial charge in [-0.15, -0.1) is 0 Å². The molecule has 124 valence electrons. The standard InChI is InChI=1S/C17H28N2O3/c1-14(19-21-13-15-10-6-5-7-11-15)9-8-12-18-16(20)22-17(2,3)4/h5-7,10-11,14,19H,8-9,12-13H2,1-4H3,(H,18,20). The van der Waals surface area contributed by atoms with E-state index in [2.05, 4.69) is 17.7 Å². The molecule has 5 nitrogen and oxygen atoms in total. The summed E-state index contributed by atoms with van der Waals surface area (Å²) in [6.07, 6.45) is 1.40. The molecule has 5 heteroatoms. The van der Waals surface area contributed by atoms with Crippen molar-refractivity contribution in [2.75, 3.05) is 6.54 Å². The summed E-state index contributed by atoms with van der Waals surface area (Å²) >= 11 is 0. The van der Waals surface area contributed by atoms with Crippen molar-refractivity contribution in [2.45, 2.75) is 58.8 Å². The summed E-state index contributed by atoms with van der Waals surface area (Å²) < 4.78 is 5.17. The fourth-order valence-electron chi connectivity index (χ4n) is 1.81. The molecule has 1 aromatic rings. The molecular weight excluding hydrogens is 280 g/mol. The number of carbonyl (C=O) groups is 1.